The molecule has 0 fully saturated rings. The lowest BCUT2D eigenvalue weighted by Gasteiger charge is -2.08. The maximum atomic E-state index is 13.3. The van der Waals surface area contributed by atoms with E-state index in [1.807, 2.05) is 0 Å². The number of carbonyl (C=O) groups excluding carboxylic acids is 1. The molecular formula is C9H7Cl2FN2O2. The molecule has 0 aliphatic heterocycles. The Bertz CT molecular complexity index is 463. The Morgan fingerprint density at radius 3 is 2.75 bits per heavy atom. The first-order chi connectivity index (χ1) is 7.52. The van der Waals surface area contributed by atoms with Gasteiger partial charge in [0.25, 0.3) is 0 Å². The van der Waals surface area contributed by atoms with E-state index in [0.717, 1.165) is 12.6 Å². The summed E-state index contributed by atoms with van der Waals surface area (Å²) in [4.78, 5) is 14.9. The number of methoxy groups -OCH3 is 1. The van der Waals surface area contributed by atoms with E-state index in [-0.39, 0.29) is 16.9 Å². The van der Waals surface area contributed by atoms with E-state index >= 15 is 0 Å². The van der Waals surface area contributed by atoms with Gasteiger partial charge in [-0.3, -0.25) is 0 Å². The zero-order chi connectivity index (χ0) is 12.3. The summed E-state index contributed by atoms with van der Waals surface area (Å²) >= 11 is 10.8. The van der Waals surface area contributed by atoms with Gasteiger partial charge in [-0.05, 0) is 6.08 Å². The van der Waals surface area contributed by atoms with E-state index in [2.05, 4.69) is 9.72 Å². The van der Waals surface area contributed by atoms with E-state index in [4.69, 9.17) is 28.9 Å². The molecule has 1 heterocycles. The fourth-order valence-corrected chi connectivity index (χ4v) is 1.36. The first-order valence-corrected chi connectivity index (χ1v) is 4.83. The second-order valence-electron chi connectivity index (χ2n) is 2.68. The molecule has 0 atom stereocenters. The molecule has 7 heteroatoms. The highest BCUT2D eigenvalue weighted by atomic mass is 35.5. The molecule has 0 saturated carbocycles. The lowest BCUT2D eigenvalue weighted by Crippen LogP contribution is -2.11. The highest BCUT2D eigenvalue weighted by Crippen LogP contribution is 2.26. The van der Waals surface area contributed by atoms with E-state index in [9.17, 15) is 9.18 Å². The lowest BCUT2D eigenvalue weighted by atomic mass is 10.1. The van der Waals surface area contributed by atoms with E-state index in [1.165, 1.54) is 6.08 Å². The SMILES string of the molecule is COC(=O)c1nc(Cl)c(F)c(N)c1C=CCl. The molecule has 0 unspecified atom stereocenters. The van der Waals surface area contributed by atoms with Crippen LogP contribution in [0.5, 0.6) is 0 Å². The van der Waals surface area contributed by atoms with Crippen LogP contribution in [0.3, 0.4) is 0 Å². The molecule has 0 spiro atoms. The summed E-state index contributed by atoms with van der Waals surface area (Å²) in [5.74, 6) is -1.68. The number of hydrogen-bond acceptors (Lipinski definition) is 4. The molecule has 0 bridgehead atoms. The van der Waals surface area contributed by atoms with Crippen LogP contribution in [0.2, 0.25) is 5.15 Å². The number of pyridine rings is 1. The van der Waals surface area contributed by atoms with Crippen molar-refractivity contribution in [3.05, 3.63) is 27.8 Å². The molecule has 1 rings (SSSR count). The van der Waals surface area contributed by atoms with Crippen LogP contribution in [0.15, 0.2) is 5.54 Å². The van der Waals surface area contributed by atoms with Gasteiger partial charge < -0.3 is 10.5 Å². The summed E-state index contributed by atoms with van der Waals surface area (Å²) < 4.78 is 17.8. The van der Waals surface area contributed by atoms with Crippen LogP contribution >= 0.6 is 23.2 Å². The zero-order valence-electron chi connectivity index (χ0n) is 8.13. The number of carbonyl (C=O) groups is 1. The summed E-state index contributed by atoms with van der Waals surface area (Å²) in [6, 6.07) is 0. The van der Waals surface area contributed by atoms with Crippen molar-refractivity contribution in [2.45, 2.75) is 0 Å². The normalized spacial score (nSPS) is 10.8. The molecule has 0 aliphatic carbocycles. The molecule has 0 aliphatic rings. The van der Waals surface area contributed by atoms with Gasteiger partial charge in [0, 0.05) is 11.1 Å². The number of hydrogen-bond donors (Lipinski definition) is 1. The molecule has 4 nitrogen and oxygen atoms in total. The van der Waals surface area contributed by atoms with Gasteiger partial charge in [-0.2, -0.15) is 0 Å². The monoisotopic (exact) mass is 264 g/mol. The van der Waals surface area contributed by atoms with Crippen LogP contribution in [0, 0.1) is 5.82 Å². The van der Waals surface area contributed by atoms with Crippen LogP contribution in [-0.4, -0.2) is 18.1 Å². The Morgan fingerprint density at radius 1 is 1.62 bits per heavy atom. The topological polar surface area (TPSA) is 65.2 Å². The summed E-state index contributed by atoms with van der Waals surface area (Å²) in [6.07, 6.45) is 1.23. The molecular weight excluding hydrogens is 258 g/mol. The average molecular weight is 265 g/mol. The van der Waals surface area contributed by atoms with Gasteiger partial charge in [-0.1, -0.05) is 23.2 Å². The van der Waals surface area contributed by atoms with Crippen molar-refractivity contribution in [3.63, 3.8) is 0 Å². The number of rotatable bonds is 2. The van der Waals surface area contributed by atoms with Gasteiger partial charge >= 0.3 is 5.97 Å². The Balaban J connectivity index is 3.52. The maximum Gasteiger partial charge on any atom is 0.357 e. The average Bonchev–Trinajstić information content (AvgIpc) is 2.28. The summed E-state index contributed by atoms with van der Waals surface area (Å²) in [5.41, 5.74) is 6.05. The number of aromatic nitrogens is 1. The van der Waals surface area contributed by atoms with Gasteiger partial charge in [0.15, 0.2) is 16.7 Å². The zero-order valence-corrected chi connectivity index (χ0v) is 9.64. The minimum absolute atomic E-state index is 0.0313. The molecule has 0 amide bonds. The molecule has 0 saturated heterocycles. The number of nitrogens with two attached hydrogens (primary N) is 1. The summed E-state index contributed by atoms with van der Waals surface area (Å²) in [6.45, 7) is 0. The van der Waals surface area contributed by atoms with Crippen LogP contribution in [-0.2, 0) is 4.74 Å². The summed E-state index contributed by atoms with van der Waals surface area (Å²) in [7, 11) is 1.16. The molecule has 0 aromatic carbocycles. The third-order valence-corrected chi connectivity index (χ3v) is 2.16. The number of ether oxygens (including phenoxy) is 1. The van der Waals surface area contributed by atoms with E-state index in [1.54, 1.807) is 0 Å². The van der Waals surface area contributed by atoms with Gasteiger partial charge in [0.2, 0.25) is 0 Å². The van der Waals surface area contributed by atoms with Crippen molar-refractivity contribution >= 4 is 40.9 Å². The predicted octanol–water partition coefficient (Wildman–Crippen LogP) is 2.45. The molecule has 2 N–H and O–H groups in total. The van der Waals surface area contributed by atoms with Gasteiger partial charge in [0.05, 0.1) is 12.8 Å². The fraction of sp³-hybridized carbons (Fsp3) is 0.111. The second-order valence-corrected chi connectivity index (χ2v) is 3.29. The lowest BCUT2D eigenvalue weighted by molar-refractivity contribution is 0.0593. The third-order valence-electron chi connectivity index (χ3n) is 1.78. The molecule has 86 valence electrons. The number of nitrogen functional groups attached to an aromatic ring is 1. The number of esters is 1. The quantitative estimate of drug-likeness (QED) is 0.658. The van der Waals surface area contributed by atoms with Crippen LogP contribution < -0.4 is 5.73 Å². The predicted molar refractivity (Wildman–Crippen MR) is 59.8 cm³/mol. The van der Waals surface area contributed by atoms with Crippen molar-refractivity contribution in [2.24, 2.45) is 0 Å². The highest BCUT2D eigenvalue weighted by molar-refractivity contribution is 6.30. The number of nitrogens with zero attached hydrogens (tertiary/aromatic N) is 1. The Kier molecular flexibility index (Phi) is 4.09. The molecule has 1 aromatic rings. The fourth-order valence-electron chi connectivity index (χ4n) is 1.05. The van der Waals surface area contributed by atoms with Crippen LogP contribution in [0.1, 0.15) is 16.1 Å². The van der Waals surface area contributed by atoms with Crippen molar-refractivity contribution in [1.29, 1.82) is 0 Å². The number of anilines is 1. The van der Waals surface area contributed by atoms with Crippen molar-refractivity contribution in [3.8, 4) is 0 Å². The van der Waals surface area contributed by atoms with Crippen molar-refractivity contribution in [2.75, 3.05) is 12.8 Å². The van der Waals surface area contributed by atoms with Gasteiger partial charge in [-0.25, -0.2) is 14.2 Å². The standard InChI is InChI=1S/C9H7Cl2FN2O2/c1-16-9(15)7-4(2-3-10)6(13)5(12)8(11)14-7/h2-3H,1H3,(H2,13,14). The minimum atomic E-state index is -0.904. The highest BCUT2D eigenvalue weighted by Gasteiger charge is 2.20. The van der Waals surface area contributed by atoms with Crippen molar-refractivity contribution < 1.29 is 13.9 Å². The maximum absolute atomic E-state index is 13.3. The summed E-state index contributed by atoms with van der Waals surface area (Å²) in [5, 5.41) is -0.496. The van der Waals surface area contributed by atoms with Gasteiger partial charge in [-0.15, -0.1) is 0 Å². The second kappa shape index (κ2) is 5.14. The van der Waals surface area contributed by atoms with Crippen molar-refractivity contribution in [1.82, 2.24) is 4.98 Å². The van der Waals surface area contributed by atoms with Crippen LogP contribution in [0.25, 0.3) is 6.08 Å². The smallest absolute Gasteiger partial charge is 0.357 e. The molecule has 0 radical (unpaired) electrons. The Hall–Kier alpha value is -1.33. The van der Waals surface area contributed by atoms with Crippen LogP contribution in [0.4, 0.5) is 10.1 Å². The molecule has 1 aromatic heterocycles. The van der Waals surface area contributed by atoms with E-state index < -0.39 is 16.9 Å². The Labute approximate surface area is 101 Å². The number of halogens is 3. The third kappa shape index (κ3) is 2.25. The molecule has 16 heavy (non-hydrogen) atoms. The first kappa shape index (κ1) is 12.7. The van der Waals surface area contributed by atoms with E-state index in [0.29, 0.717) is 0 Å². The van der Waals surface area contributed by atoms with Gasteiger partial charge in [0.1, 0.15) is 0 Å². The minimum Gasteiger partial charge on any atom is -0.464 e. The largest absolute Gasteiger partial charge is 0.464 e. The Morgan fingerprint density at radius 2 is 2.25 bits per heavy atom. The first-order valence-electron chi connectivity index (χ1n) is 4.02.